The molecule has 0 aliphatic carbocycles. The second-order valence-electron chi connectivity index (χ2n) is 8.01. The number of rotatable bonds is 4. The number of carbonyl (C=O) groups is 1. The Morgan fingerprint density at radius 2 is 2.10 bits per heavy atom. The van der Waals surface area contributed by atoms with E-state index in [4.69, 9.17) is 4.42 Å². The number of pyridine rings is 1. The van der Waals surface area contributed by atoms with Crippen molar-refractivity contribution in [2.45, 2.75) is 38.0 Å². The van der Waals surface area contributed by atoms with Gasteiger partial charge >= 0.3 is 0 Å². The van der Waals surface area contributed by atoms with E-state index in [-0.39, 0.29) is 5.91 Å². The Morgan fingerprint density at radius 3 is 2.90 bits per heavy atom. The van der Waals surface area contributed by atoms with E-state index in [0.717, 1.165) is 57.7 Å². The SMILES string of the molecule is O=C(CC1CCCN(c2nc3ncccc3o2)C1)N1CCC(c2ncn[nH]2)CC1. The van der Waals surface area contributed by atoms with E-state index in [1.165, 1.54) is 0 Å². The molecule has 1 amide bonds. The zero-order valence-corrected chi connectivity index (χ0v) is 16.3. The normalized spacial score (nSPS) is 21.0. The van der Waals surface area contributed by atoms with Crippen molar-refractivity contribution in [1.29, 1.82) is 0 Å². The highest BCUT2D eigenvalue weighted by Gasteiger charge is 2.29. The van der Waals surface area contributed by atoms with Crippen LogP contribution in [-0.2, 0) is 4.79 Å². The summed E-state index contributed by atoms with van der Waals surface area (Å²) in [6.07, 6.45) is 7.84. The molecule has 2 aliphatic heterocycles. The molecule has 1 atom stereocenters. The molecule has 0 spiro atoms. The molecule has 0 aromatic carbocycles. The number of hydrogen-bond donors (Lipinski definition) is 1. The molecule has 5 heterocycles. The van der Waals surface area contributed by atoms with Crippen molar-refractivity contribution in [3.05, 3.63) is 30.5 Å². The Balaban J connectivity index is 1.17. The second-order valence-corrected chi connectivity index (χ2v) is 8.01. The van der Waals surface area contributed by atoms with Crippen LogP contribution in [0.1, 0.15) is 43.8 Å². The highest BCUT2D eigenvalue weighted by Crippen LogP contribution is 2.29. The number of hydrogen-bond acceptors (Lipinski definition) is 7. The summed E-state index contributed by atoms with van der Waals surface area (Å²) in [4.78, 5) is 30.0. The molecule has 3 aromatic heterocycles. The van der Waals surface area contributed by atoms with E-state index in [0.29, 0.717) is 35.5 Å². The number of fused-ring (bicyclic) bond motifs is 1. The standard InChI is InChI=1S/C20H25N7O2/c28-17(26-9-5-15(6-10-26)18-22-13-23-25-18)11-14-3-2-8-27(12-14)20-24-19-16(29-20)4-1-7-21-19/h1,4,7,13-15H,2-3,5-6,8-12H2,(H,22,23,25). The van der Waals surface area contributed by atoms with Gasteiger partial charge in [-0.25, -0.2) is 9.97 Å². The Morgan fingerprint density at radius 1 is 1.21 bits per heavy atom. The van der Waals surface area contributed by atoms with Crippen LogP contribution in [0.3, 0.4) is 0 Å². The molecule has 152 valence electrons. The van der Waals surface area contributed by atoms with Crippen molar-refractivity contribution >= 4 is 23.2 Å². The van der Waals surface area contributed by atoms with Crippen LogP contribution in [0, 0.1) is 5.92 Å². The van der Waals surface area contributed by atoms with Crippen LogP contribution in [0.15, 0.2) is 29.1 Å². The minimum atomic E-state index is 0.257. The molecule has 2 saturated heterocycles. The molecular formula is C20H25N7O2. The van der Waals surface area contributed by atoms with Crippen molar-refractivity contribution in [2.75, 3.05) is 31.1 Å². The predicted octanol–water partition coefficient (Wildman–Crippen LogP) is 2.35. The van der Waals surface area contributed by atoms with Crippen molar-refractivity contribution in [1.82, 2.24) is 30.0 Å². The first-order valence-electron chi connectivity index (χ1n) is 10.4. The van der Waals surface area contributed by atoms with Gasteiger partial charge in [0.05, 0.1) is 0 Å². The van der Waals surface area contributed by atoms with Gasteiger partial charge in [-0.05, 0) is 43.7 Å². The fourth-order valence-corrected chi connectivity index (χ4v) is 4.49. The number of carbonyl (C=O) groups excluding carboxylic acids is 1. The molecule has 0 radical (unpaired) electrons. The zero-order valence-electron chi connectivity index (χ0n) is 16.3. The first-order valence-corrected chi connectivity index (χ1v) is 10.4. The first kappa shape index (κ1) is 18.1. The van der Waals surface area contributed by atoms with Gasteiger partial charge in [0.2, 0.25) is 11.6 Å². The van der Waals surface area contributed by atoms with Crippen LogP contribution >= 0.6 is 0 Å². The summed E-state index contributed by atoms with van der Waals surface area (Å²) < 4.78 is 5.87. The van der Waals surface area contributed by atoms with Gasteiger partial charge in [0.15, 0.2) is 5.58 Å². The maximum absolute atomic E-state index is 12.9. The van der Waals surface area contributed by atoms with Gasteiger partial charge in [-0.15, -0.1) is 0 Å². The Bertz CT molecular complexity index is 929. The molecule has 0 saturated carbocycles. The van der Waals surface area contributed by atoms with Gasteiger partial charge in [-0.2, -0.15) is 10.1 Å². The molecule has 1 N–H and O–H groups in total. The quantitative estimate of drug-likeness (QED) is 0.723. The summed E-state index contributed by atoms with van der Waals surface area (Å²) >= 11 is 0. The number of aromatic nitrogens is 5. The molecule has 9 nitrogen and oxygen atoms in total. The van der Waals surface area contributed by atoms with Crippen LogP contribution in [0.25, 0.3) is 11.2 Å². The van der Waals surface area contributed by atoms with Crippen LogP contribution < -0.4 is 4.90 Å². The summed E-state index contributed by atoms with van der Waals surface area (Å²) in [6, 6.07) is 4.34. The number of aromatic amines is 1. The molecule has 2 aliphatic rings. The second kappa shape index (κ2) is 7.81. The molecule has 5 rings (SSSR count). The smallest absolute Gasteiger partial charge is 0.299 e. The monoisotopic (exact) mass is 395 g/mol. The van der Waals surface area contributed by atoms with Crippen molar-refractivity contribution < 1.29 is 9.21 Å². The predicted molar refractivity (Wildman–Crippen MR) is 106 cm³/mol. The van der Waals surface area contributed by atoms with Gasteiger partial charge in [-0.1, -0.05) is 0 Å². The van der Waals surface area contributed by atoms with Gasteiger partial charge in [0, 0.05) is 44.7 Å². The van der Waals surface area contributed by atoms with E-state index in [2.05, 4.69) is 30.0 Å². The Labute approximate surface area is 168 Å². The fourth-order valence-electron chi connectivity index (χ4n) is 4.49. The summed E-state index contributed by atoms with van der Waals surface area (Å²) in [5.41, 5.74) is 1.34. The molecule has 0 bridgehead atoms. The van der Waals surface area contributed by atoms with Crippen molar-refractivity contribution in [3.63, 3.8) is 0 Å². The average Bonchev–Trinajstić information content (AvgIpc) is 3.44. The maximum atomic E-state index is 12.9. The lowest BCUT2D eigenvalue weighted by Crippen LogP contribution is -2.42. The minimum absolute atomic E-state index is 0.257. The molecule has 1 unspecified atom stereocenters. The molecular weight excluding hydrogens is 370 g/mol. The molecule has 2 fully saturated rings. The number of nitrogens with one attached hydrogen (secondary N) is 1. The lowest BCUT2D eigenvalue weighted by molar-refractivity contribution is -0.133. The van der Waals surface area contributed by atoms with E-state index in [1.54, 1.807) is 12.5 Å². The van der Waals surface area contributed by atoms with E-state index < -0.39 is 0 Å². The molecule has 9 heteroatoms. The number of anilines is 1. The van der Waals surface area contributed by atoms with Crippen LogP contribution in [0.4, 0.5) is 6.01 Å². The molecule has 3 aromatic rings. The fraction of sp³-hybridized carbons (Fsp3) is 0.550. The number of nitrogens with zero attached hydrogens (tertiary/aromatic N) is 6. The largest absolute Gasteiger partial charge is 0.422 e. The summed E-state index contributed by atoms with van der Waals surface area (Å²) in [5.74, 6) is 1.89. The Kier molecular flexibility index (Phi) is 4.87. The van der Waals surface area contributed by atoms with Crippen LogP contribution in [0.5, 0.6) is 0 Å². The van der Waals surface area contributed by atoms with Gasteiger partial charge in [-0.3, -0.25) is 9.89 Å². The third-order valence-electron chi connectivity index (χ3n) is 6.07. The third kappa shape index (κ3) is 3.81. The van der Waals surface area contributed by atoms with Crippen LogP contribution in [0.2, 0.25) is 0 Å². The van der Waals surface area contributed by atoms with Gasteiger partial charge in [0.25, 0.3) is 6.01 Å². The lowest BCUT2D eigenvalue weighted by Gasteiger charge is -2.35. The van der Waals surface area contributed by atoms with E-state index in [1.807, 2.05) is 17.0 Å². The number of H-pyrrole nitrogens is 1. The first-order chi connectivity index (χ1) is 14.3. The van der Waals surface area contributed by atoms with E-state index >= 15 is 0 Å². The third-order valence-corrected chi connectivity index (χ3v) is 6.07. The molecule has 29 heavy (non-hydrogen) atoms. The maximum Gasteiger partial charge on any atom is 0.299 e. The summed E-state index contributed by atoms with van der Waals surface area (Å²) in [6.45, 7) is 3.28. The number of amides is 1. The zero-order chi connectivity index (χ0) is 19.6. The van der Waals surface area contributed by atoms with E-state index in [9.17, 15) is 4.79 Å². The number of piperidine rings is 2. The summed E-state index contributed by atoms with van der Waals surface area (Å²) in [7, 11) is 0. The Hall–Kier alpha value is -2.97. The number of likely N-dealkylation sites (tertiary alicyclic amines) is 1. The highest BCUT2D eigenvalue weighted by molar-refractivity contribution is 5.76. The topological polar surface area (TPSA) is 104 Å². The lowest BCUT2D eigenvalue weighted by atomic mass is 9.92. The van der Waals surface area contributed by atoms with Gasteiger partial charge in [0.1, 0.15) is 12.2 Å². The number of oxazole rings is 1. The summed E-state index contributed by atoms with van der Waals surface area (Å²) in [5, 5.41) is 6.89. The van der Waals surface area contributed by atoms with Crippen molar-refractivity contribution in [3.8, 4) is 0 Å². The van der Waals surface area contributed by atoms with Crippen molar-refractivity contribution in [2.24, 2.45) is 5.92 Å². The van der Waals surface area contributed by atoms with Crippen LogP contribution in [-0.4, -0.2) is 62.1 Å². The minimum Gasteiger partial charge on any atom is -0.422 e. The highest BCUT2D eigenvalue weighted by atomic mass is 16.4. The average molecular weight is 395 g/mol. The van der Waals surface area contributed by atoms with Gasteiger partial charge < -0.3 is 14.2 Å².